The minimum atomic E-state index is -3.79. The predicted molar refractivity (Wildman–Crippen MR) is 303 cm³/mol. The van der Waals surface area contributed by atoms with Gasteiger partial charge in [0.15, 0.2) is 22.0 Å². The predicted octanol–water partition coefficient (Wildman–Crippen LogP) is 10.1. The van der Waals surface area contributed by atoms with E-state index in [1.807, 2.05) is 109 Å². The highest BCUT2D eigenvalue weighted by molar-refractivity contribution is 8.08. The Hall–Kier alpha value is -6.35. The standard InChI is InChI=1S/C50H48N12O6S7/c1-7-60-41(54-58-47(60)73-49(2,3)44(65)52-35-11-9-8-10-12-35)33-23-38(70-26-33)30-13-17-36(18-14-30)51-40(64)28-72-46-57-55-42(61(46)29-63)34-24-39(71-27-34)31-15-19-37(20-16-31)53-45(66)50(4,5)74-48-59-56-43(32-21-22-69-25-32)62(48)75(6,67)68/h8-26,29,34H,7,27-28H2,1-6H3,(H,51,64)(H,52,65)(H,53,66). The van der Waals surface area contributed by atoms with Crippen LogP contribution in [0.5, 0.6) is 0 Å². The first-order valence-corrected chi connectivity index (χ1v) is 30.3. The summed E-state index contributed by atoms with van der Waals surface area (Å²) in [6, 6.07) is 28.1. The number of benzene rings is 3. The zero-order valence-corrected chi connectivity index (χ0v) is 46.8. The van der Waals surface area contributed by atoms with Crippen LogP contribution < -0.4 is 16.0 Å². The van der Waals surface area contributed by atoms with Crippen molar-refractivity contribution in [2.24, 2.45) is 0 Å². The minimum absolute atomic E-state index is 0.00666. The summed E-state index contributed by atoms with van der Waals surface area (Å²) in [5.41, 5.74) is 5.27. The van der Waals surface area contributed by atoms with Gasteiger partial charge >= 0.3 is 0 Å². The maximum atomic E-state index is 13.5. The van der Waals surface area contributed by atoms with E-state index in [2.05, 4.69) is 52.6 Å². The lowest BCUT2D eigenvalue weighted by atomic mass is 10.1. The van der Waals surface area contributed by atoms with E-state index in [4.69, 9.17) is 0 Å². The molecule has 75 heavy (non-hydrogen) atoms. The van der Waals surface area contributed by atoms with Crippen LogP contribution >= 0.6 is 69.7 Å². The van der Waals surface area contributed by atoms with Crippen LogP contribution in [0.15, 0.2) is 129 Å². The summed E-state index contributed by atoms with van der Waals surface area (Å²) in [6.07, 6.45) is 3.75. The first-order valence-electron chi connectivity index (χ1n) is 23.1. The van der Waals surface area contributed by atoms with E-state index in [0.717, 1.165) is 65.9 Å². The minimum Gasteiger partial charge on any atom is -0.325 e. The number of nitrogens with one attached hydrogen (secondary N) is 3. The molecule has 386 valence electrons. The normalized spacial score (nSPS) is 13.9. The van der Waals surface area contributed by atoms with Gasteiger partial charge in [0.2, 0.25) is 39.3 Å². The van der Waals surface area contributed by atoms with Crippen molar-refractivity contribution in [1.82, 2.24) is 43.7 Å². The van der Waals surface area contributed by atoms with E-state index in [-0.39, 0.29) is 40.4 Å². The van der Waals surface area contributed by atoms with Crippen LogP contribution in [0.25, 0.3) is 38.1 Å². The number of hydrogen-bond acceptors (Lipinski definition) is 18. The van der Waals surface area contributed by atoms with Gasteiger partial charge in [-0.25, -0.2) is 13.0 Å². The number of aromatic nitrogens is 9. The van der Waals surface area contributed by atoms with Crippen molar-refractivity contribution < 1.29 is 27.6 Å². The third-order valence-corrected chi connectivity index (χ3v) is 18.8. The van der Waals surface area contributed by atoms with E-state index in [0.29, 0.717) is 57.6 Å². The fourth-order valence-electron chi connectivity index (χ4n) is 7.58. The largest absolute Gasteiger partial charge is 0.325 e. The molecule has 18 nitrogen and oxygen atoms in total. The first-order chi connectivity index (χ1) is 35.9. The average molecular weight is 1140 g/mol. The molecule has 0 fully saturated rings. The van der Waals surface area contributed by atoms with Crippen molar-refractivity contribution in [3.05, 3.63) is 125 Å². The summed E-state index contributed by atoms with van der Waals surface area (Å²) in [6.45, 7) is 9.74. The van der Waals surface area contributed by atoms with Crippen LogP contribution in [-0.4, -0.2) is 104 Å². The van der Waals surface area contributed by atoms with Gasteiger partial charge in [-0.15, -0.1) is 53.7 Å². The van der Waals surface area contributed by atoms with Crippen LogP contribution in [0.3, 0.4) is 0 Å². The summed E-state index contributed by atoms with van der Waals surface area (Å²) in [4.78, 5) is 54.3. The molecule has 9 rings (SSSR count). The van der Waals surface area contributed by atoms with Crippen molar-refractivity contribution in [3.63, 3.8) is 0 Å². The van der Waals surface area contributed by atoms with Gasteiger partial charge in [-0.1, -0.05) is 83.8 Å². The highest BCUT2D eigenvalue weighted by Crippen LogP contribution is 2.42. The van der Waals surface area contributed by atoms with Crippen molar-refractivity contribution in [3.8, 4) is 33.2 Å². The van der Waals surface area contributed by atoms with E-state index in [1.165, 1.54) is 27.7 Å². The number of hydrogen-bond donors (Lipinski definition) is 3. The quantitative estimate of drug-likeness (QED) is 0.0476. The lowest BCUT2D eigenvalue weighted by Crippen LogP contribution is -2.34. The number of anilines is 3. The molecule has 0 spiro atoms. The summed E-state index contributed by atoms with van der Waals surface area (Å²) in [5, 5.41) is 41.4. The second-order valence-electron chi connectivity index (χ2n) is 17.9. The fraction of sp³-hybridized carbons (Fsp3) is 0.240. The summed E-state index contributed by atoms with van der Waals surface area (Å²) in [5.74, 6) is 0.957. The number of amides is 3. The van der Waals surface area contributed by atoms with Gasteiger partial charge in [0.1, 0.15) is 5.82 Å². The molecule has 0 aliphatic carbocycles. The maximum Gasteiger partial charge on any atom is 0.240 e. The summed E-state index contributed by atoms with van der Waals surface area (Å²) >= 11 is 8.04. The molecular formula is C50H48N12O6S7. The van der Waals surface area contributed by atoms with E-state index >= 15 is 0 Å². The maximum absolute atomic E-state index is 13.5. The molecule has 25 heteroatoms. The first kappa shape index (κ1) is 53.5. The van der Waals surface area contributed by atoms with Crippen LogP contribution in [0, 0.1) is 0 Å². The number of carbonyl (C=O) groups is 4. The highest BCUT2D eigenvalue weighted by atomic mass is 32.2. The number of nitrogens with zero attached hydrogens (tertiary/aromatic N) is 9. The van der Waals surface area contributed by atoms with E-state index < -0.39 is 19.5 Å². The topological polar surface area (TPSA) is 231 Å². The van der Waals surface area contributed by atoms with E-state index in [1.54, 1.807) is 60.5 Å². The zero-order valence-electron chi connectivity index (χ0n) is 41.1. The zero-order chi connectivity index (χ0) is 53.1. The van der Waals surface area contributed by atoms with Gasteiger partial charge in [-0.2, -0.15) is 15.3 Å². The number of carbonyl (C=O) groups excluding carboxylic acids is 4. The van der Waals surface area contributed by atoms with Crippen LogP contribution in [0.4, 0.5) is 17.1 Å². The number of thiophene rings is 2. The molecule has 0 saturated heterocycles. The van der Waals surface area contributed by atoms with Crippen LogP contribution in [-0.2, 0) is 35.7 Å². The molecular weight excluding hydrogens is 1090 g/mol. The lowest BCUT2D eigenvalue weighted by Gasteiger charge is -2.22. The Morgan fingerprint density at radius 3 is 1.97 bits per heavy atom. The van der Waals surface area contributed by atoms with Gasteiger partial charge in [-0.05, 0) is 99.7 Å². The molecule has 0 radical (unpaired) electrons. The third kappa shape index (κ3) is 12.2. The number of rotatable bonds is 20. The molecule has 5 aromatic heterocycles. The van der Waals surface area contributed by atoms with Gasteiger partial charge in [0.25, 0.3) is 0 Å². The van der Waals surface area contributed by atoms with Crippen LogP contribution in [0.1, 0.15) is 51.9 Å². The average Bonchev–Trinajstić information content (AvgIpc) is 4.26. The molecule has 1 atom stereocenters. The molecule has 1 unspecified atom stereocenters. The molecule has 1 aliphatic heterocycles. The molecule has 3 amide bonds. The number of thioether (sulfide) groups is 4. The molecule has 3 aromatic carbocycles. The van der Waals surface area contributed by atoms with Crippen molar-refractivity contribution in [1.29, 1.82) is 0 Å². The Balaban J connectivity index is 0.770. The molecule has 1 aliphatic rings. The monoisotopic (exact) mass is 1140 g/mol. The Labute approximate surface area is 457 Å². The summed E-state index contributed by atoms with van der Waals surface area (Å²) < 4.78 is 28.1. The lowest BCUT2D eigenvalue weighted by molar-refractivity contribution is -0.118. The number of allylic oxidation sites excluding steroid dienone is 1. The molecule has 0 bridgehead atoms. The second-order valence-corrected chi connectivity index (χ2v) is 26.6. The summed E-state index contributed by atoms with van der Waals surface area (Å²) in [7, 11) is -3.79. The Morgan fingerprint density at radius 1 is 0.720 bits per heavy atom. The SMILES string of the molecule is CCn1c(SC(C)(C)C(=O)Nc2ccccc2)nnc1-c1csc(-c2ccc(NC(=O)CSc3nnc(C4C=C(c5ccc(NC(=O)C(C)(C)Sc6nnc(-c7ccsc7)n6S(C)(=O)=O)cc5)SC4)n3C=O)cc2)c1. The molecule has 8 aromatic rings. The molecule has 6 heterocycles. The Morgan fingerprint density at radius 2 is 1.33 bits per heavy atom. The third-order valence-electron chi connectivity index (χ3n) is 11.5. The van der Waals surface area contributed by atoms with Crippen molar-refractivity contribution in [2.45, 2.75) is 72.0 Å². The fourth-order valence-corrected chi connectivity index (χ4v) is 14.1. The Bertz CT molecular complexity index is 3530. The highest BCUT2D eigenvalue weighted by Gasteiger charge is 2.35. The van der Waals surface area contributed by atoms with Crippen LogP contribution in [0.2, 0.25) is 0 Å². The van der Waals surface area contributed by atoms with E-state index in [9.17, 15) is 27.6 Å². The van der Waals surface area contributed by atoms with Gasteiger partial charge in [0.05, 0.1) is 21.5 Å². The number of para-hydroxylation sites is 1. The smallest absolute Gasteiger partial charge is 0.240 e. The van der Waals surface area contributed by atoms with Gasteiger partial charge in [-0.3, -0.25) is 19.2 Å². The Kier molecular flexibility index (Phi) is 16.0. The molecule has 0 saturated carbocycles. The second kappa shape index (κ2) is 22.5. The van der Waals surface area contributed by atoms with Crippen molar-refractivity contribution in [2.75, 3.05) is 33.7 Å². The van der Waals surface area contributed by atoms with Gasteiger partial charge < -0.3 is 20.5 Å². The molecule has 3 N–H and O–H groups in total. The van der Waals surface area contributed by atoms with Gasteiger partial charge in [0, 0.05) is 66.9 Å². The van der Waals surface area contributed by atoms with Crippen molar-refractivity contribution >= 4 is 126 Å².